The monoisotopic (exact) mass is 548 g/mol. The minimum atomic E-state index is -1.27. The van der Waals surface area contributed by atoms with Gasteiger partial charge in [-0.1, -0.05) is 44.2 Å². The molecule has 0 bridgehead atoms. The molecule has 0 radical (unpaired) electrons. The van der Waals surface area contributed by atoms with Crippen molar-refractivity contribution in [3.05, 3.63) is 35.9 Å². The van der Waals surface area contributed by atoms with Crippen LogP contribution in [0.15, 0.2) is 35.3 Å². The molecule has 0 heterocycles. The van der Waals surface area contributed by atoms with Crippen molar-refractivity contribution >= 4 is 35.6 Å². The number of carboxylic acids is 1. The molecule has 4 amide bonds. The molecule has 14 heteroatoms. The maximum atomic E-state index is 13.3. The second-order valence-electron chi connectivity index (χ2n) is 9.57. The third-order valence-electron chi connectivity index (χ3n) is 5.57. The van der Waals surface area contributed by atoms with Crippen LogP contribution < -0.4 is 38.9 Å². The van der Waals surface area contributed by atoms with Gasteiger partial charge in [-0.3, -0.25) is 24.2 Å². The summed E-state index contributed by atoms with van der Waals surface area (Å²) in [5, 5.41) is 17.2. The zero-order chi connectivity index (χ0) is 29.5. The van der Waals surface area contributed by atoms with E-state index in [1.807, 2.05) is 13.8 Å². The first-order valence-electron chi connectivity index (χ1n) is 12.6. The summed E-state index contributed by atoms with van der Waals surface area (Å²) in [4.78, 5) is 65.7. The van der Waals surface area contributed by atoms with Crippen molar-refractivity contribution in [1.29, 1.82) is 0 Å². The van der Waals surface area contributed by atoms with Crippen LogP contribution in [0.25, 0.3) is 0 Å². The number of rotatable bonds is 17. The van der Waals surface area contributed by atoms with Crippen molar-refractivity contribution in [3.8, 4) is 0 Å². The minimum Gasteiger partial charge on any atom is -0.480 e. The molecule has 0 saturated carbocycles. The normalized spacial score (nSPS) is 13.8. The van der Waals surface area contributed by atoms with E-state index in [0.29, 0.717) is 6.42 Å². The number of hydrogen-bond acceptors (Lipinski definition) is 7. The SMILES string of the molecule is CC(C)CC(NC(=O)C(Cc1ccccc1)NC(=O)C(N)CC(N)=O)C(=O)NC(CCCN=C(N)N)C(=O)O. The highest BCUT2D eigenvalue weighted by Gasteiger charge is 2.31. The standard InChI is InChI=1S/C25H40N8O6/c1-14(2)11-18(22(36)31-17(24(38)39)9-6-10-30-25(28)29)33-23(37)19(12-15-7-4-3-5-8-15)32-21(35)16(26)13-20(27)34/h3-5,7-8,14,16-19H,6,9-13,26H2,1-2H3,(H2,27,34)(H,31,36)(H,32,35)(H,33,37)(H,38,39)(H4,28,29,30). The molecule has 39 heavy (non-hydrogen) atoms. The van der Waals surface area contributed by atoms with Gasteiger partial charge < -0.3 is 44.0 Å². The summed E-state index contributed by atoms with van der Waals surface area (Å²) in [5.74, 6) is -4.33. The Kier molecular flexibility index (Phi) is 14.0. The van der Waals surface area contributed by atoms with Crippen molar-refractivity contribution < 1.29 is 29.1 Å². The fraction of sp³-hybridized carbons (Fsp3) is 0.520. The number of aliphatic carboxylic acids is 1. The summed E-state index contributed by atoms with van der Waals surface area (Å²) in [5.41, 5.74) is 22.1. The van der Waals surface area contributed by atoms with Crippen molar-refractivity contribution in [1.82, 2.24) is 16.0 Å². The third kappa shape index (κ3) is 13.2. The highest BCUT2D eigenvalue weighted by molar-refractivity contribution is 5.95. The van der Waals surface area contributed by atoms with E-state index < -0.39 is 60.2 Å². The number of amides is 4. The van der Waals surface area contributed by atoms with E-state index in [1.165, 1.54) is 0 Å². The van der Waals surface area contributed by atoms with Crippen LogP contribution in [0.4, 0.5) is 0 Å². The molecule has 0 aromatic heterocycles. The number of aliphatic imine (C=N–C) groups is 1. The molecule has 14 nitrogen and oxygen atoms in total. The highest BCUT2D eigenvalue weighted by Crippen LogP contribution is 2.09. The van der Waals surface area contributed by atoms with Crippen LogP contribution in [0.5, 0.6) is 0 Å². The lowest BCUT2D eigenvalue weighted by molar-refractivity contribution is -0.142. The first kappa shape index (κ1) is 32.8. The quantitative estimate of drug-likeness (QED) is 0.0611. The van der Waals surface area contributed by atoms with Gasteiger partial charge in [-0.15, -0.1) is 0 Å². The van der Waals surface area contributed by atoms with Crippen LogP contribution >= 0.6 is 0 Å². The molecular weight excluding hydrogens is 508 g/mol. The lowest BCUT2D eigenvalue weighted by Gasteiger charge is -2.26. The smallest absolute Gasteiger partial charge is 0.326 e. The fourth-order valence-electron chi connectivity index (χ4n) is 3.66. The van der Waals surface area contributed by atoms with Gasteiger partial charge in [0.1, 0.15) is 18.1 Å². The predicted molar refractivity (Wildman–Crippen MR) is 145 cm³/mol. The van der Waals surface area contributed by atoms with Gasteiger partial charge in [0.2, 0.25) is 23.6 Å². The Morgan fingerprint density at radius 2 is 1.44 bits per heavy atom. The van der Waals surface area contributed by atoms with E-state index in [-0.39, 0.29) is 37.7 Å². The zero-order valence-corrected chi connectivity index (χ0v) is 22.3. The molecule has 4 atom stereocenters. The van der Waals surface area contributed by atoms with Crippen molar-refractivity contribution in [2.24, 2.45) is 33.8 Å². The van der Waals surface area contributed by atoms with Crippen molar-refractivity contribution in [3.63, 3.8) is 0 Å². The molecule has 0 fully saturated rings. The van der Waals surface area contributed by atoms with Crippen LogP contribution in [0.2, 0.25) is 0 Å². The first-order valence-corrected chi connectivity index (χ1v) is 12.6. The number of nitrogens with two attached hydrogens (primary N) is 4. The number of benzene rings is 1. The molecule has 216 valence electrons. The maximum absolute atomic E-state index is 13.3. The molecule has 4 unspecified atom stereocenters. The van der Waals surface area contributed by atoms with E-state index in [1.54, 1.807) is 30.3 Å². The van der Waals surface area contributed by atoms with E-state index in [2.05, 4.69) is 20.9 Å². The van der Waals surface area contributed by atoms with Crippen LogP contribution in [-0.2, 0) is 30.4 Å². The number of guanidine groups is 1. The van der Waals surface area contributed by atoms with Gasteiger partial charge in [0, 0.05) is 13.0 Å². The number of nitrogens with one attached hydrogen (secondary N) is 3. The van der Waals surface area contributed by atoms with Gasteiger partial charge in [0.15, 0.2) is 5.96 Å². The molecule has 1 aromatic rings. The van der Waals surface area contributed by atoms with Crippen molar-refractivity contribution in [2.75, 3.05) is 6.54 Å². The van der Waals surface area contributed by atoms with Gasteiger partial charge in [-0.05, 0) is 30.7 Å². The zero-order valence-electron chi connectivity index (χ0n) is 22.3. The number of primary amides is 1. The Morgan fingerprint density at radius 3 is 1.97 bits per heavy atom. The summed E-state index contributed by atoms with van der Waals surface area (Å²) in [6.07, 6.45) is 0.215. The van der Waals surface area contributed by atoms with Gasteiger partial charge in [-0.25, -0.2) is 4.79 Å². The van der Waals surface area contributed by atoms with Crippen molar-refractivity contribution in [2.45, 2.75) is 70.1 Å². The summed E-state index contributed by atoms with van der Waals surface area (Å²) in [6, 6.07) is 4.10. The number of carbonyl (C=O) groups excluding carboxylic acids is 4. The molecular formula is C25H40N8O6. The Bertz CT molecular complexity index is 1010. The third-order valence-corrected chi connectivity index (χ3v) is 5.57. The van der Waals surface area contributed by atoms with Gasteiger partial charge in [0.25, 0.3) is 0 Å². The Balaban J connectivity index is 3.06. The summed E-state index contributed by atoms with van der Waals surface area (Å²) in [6.45, 7) is 3.86. The van der Waals surface area contributed by atoms with Gasteiger partial charge in [0.05, 0.1) is 12.5 Å². The molecule has 0 saturated heterocycles. The summed E-state index contributed by atoms with van der Waals surface area (Å²) < 4.78 is 0. The van der Waals surface area contributed by atoms with E-state index >= 15 is 0 Å². The summed E-state index contributed by atoms with van der Waals surface area (Å²) >= 11 is 0. The molecule has 0 aliphatic heterocycles. The Labute approximate surface area is 227 Å². The Morgan fingerprint density at radius 1 is 0.872 bits per heavy atom. The largest absolute Gasteiger partial charge is 0.480 e. The number of nitrogens with zero attached hydrogens (tertiary/aromatic N) is 1. The number of carbonyl (C=O) groups is 5. The van der Waals surface area contributed by atoms with E-state index in [4.69, 9.17) is 22.9 Å². The van der Waals surface area contributed by atoms with Gasteiger partial charge in [-0.2, -0.15) is 0 Å². The van der Waals surface area contributed by atoms with E-state index in [9.17, 15) is 29.1 Å². The molecule has 12 N–H and O–H groups in total. The second kappa shape index (κ2) is 16.6. The minimum absolute atomic E-state index is 0.0441. The second-order valence-corrected chi connectivity index (χ2v) is 9.57. The lowest BCUT2D eigenvalue weighted by atomic mass is 10.00. The van der Waals surface area contributed by atoms with Gasteiger partial charge >= 0.3 is 5.97 Å². The fourth-order valence-corrected chi connectivity index (χ4v) is 3.66. The molecule has 1 rings (SSSR count). The predicted octanol–water partition coefficient (Wildman–Crippen LogP) is -1.93. The maximum Gasteiger partial charge on any atom is 0.326 e. The molecule has 1 aromatic carbocycles. The average molecular weight is 549 g/mol. The molecule has 0 aliphatic rings. The van der Waals surface area contributed by atoms with Crippen LogP contribution in [-0.4, -0.2) is 71.4 Å². The molecule has 0 aliphatic carbocycles. The average Bonchev–Trinajstić information content (AvgIpc) is 2.84. The number of hydrogen-bond donors (Lipinski definition) is 8. The first-order chi connectivity index (χ1) is 18.3. The van der Waals surface area contributed by atoms with Crippen LogP contribution in [0, 0.1) is 5.92 Å². The highest BCUT2D eigenvalue weighted by atomic mass is 16.4. The van der Waals surface area contributed by atoms with E-state index in [0.717, 1.165) is 5.56 Å². The van der Waals surface area contributed by atoms with Crippen LogP contribution in [0.1, 0.15) is 45.1 Å². The number of carboxylic acid groups (broad SMARTS) is 1. The summed E-state index contributed by atoms with van der Waals surface area (Å²) in [7, 11) is 0. The Hall–Kier alpha value is -4.20. The molecule has 0 spiro atoms. The van der Waals surface area contributed by atoms with Crippen LogP contribution in [0.3, 0.4) is 0 Å². The lowest BCUT2D eigenvalue weighted by Crippen LogP contribution is -2.58. The topological polar surface area (TPSA) is 258 Å².